The first kappa shape index (κ1) is 34.7. The minimum Gasteiger partial charge on any atom is -0.455 e. The van der Waals surface area contributed by atoms with Gasteiger partial charge in [-0.2, -0.15) is 0 Å². The van der Waals surface area contributed by atoms with Gasteiger partial charge in [-0.05, 0) is 71.1 Å². The third-order valence-electron chi connectivity index (χ3n) is 11.7. The van der Waals surface area contributed by atoms with Crippen LogP contribution in [0, 0.1) is 0 Å². The lowest BCUT2D eigenvalue weighted by molar-refractivity contribution is 0.665. The van der Waals surface area contributed by atoms with E-state index in [1.807, 2.05) is 48.5 Å². The summed E-state index contributed by atoms with van der Waals surface area (Å²) in [5.74, 6) is 0.617. The van der Waals surface area contributed by atoms with Crippen molar-refractivity contribution >= 4 is 71.7 Å². The number of benzene rings is 9. The van der Waals surface area contributed by atoms with Crippen LogP contribution >= 0.6 is 0 Å². The van der Waals surface area contributed by atoms with Crippen molar-refractivity contribution in [1.82, 2.24) is 9.97 Å². The van der Waals surface area contributed by atoms with E-state index in [-0.39, 0.29) is 0 Å². The van der Waals surface area contributed by atoms with Gasteiger partial charge in [-0.25, -0.2) is 9.97 Å². The summed E-state index contributed by atoms with van der Waals surface area (Å²) in [4.78, 5) is 12.8. The van der Waals surface area contributed by atoms with Crippen LogP contribution in [0.4, 0.5) is 17.1 Å². The monoisotopic (exact) mass is 781 g/mol. The number of hydrogen-bond acceptors (Lipinski definition) is 5. The summed E-state index contributed by atoms with van der Waals surface area (Å²) in [6.45, 7) is 0. The van der Waals surface area contributed by atoms with Crippen LogP contribution in [0.25, 0.3) is 99.7 Å². The van der Waals surface area contributed by atoms with Crippen LogP contribution in [0.15, 0.2) is 221 Å². The molecule has 5 nitrogen and oxygen atoms in total. The molecule has 0 spiro atoms. The highest BCUT2D eigenvalue weighted by Crippen LogP contribution is 2.49. The first-order chi connectivity index (χ1) is 30.3. The minimum atomic E-state index is 0.617. The molecule has 0 atom stereocenters. The molecule has 12 rings (SSSR count). The van der Waals surface area contributed by atoms with Crippen molar-refractivity contribution in [2.45, 2.75) is 0 Å². The van der Waals surface area contributed by atoms with Crippen molar-refractivity contribution in [3.63, 3.8) is 0 Å². The highest BCUT2D eigenvalue weighted by Gasteiger charge is 2.25. The largest absolute Gasteiger partial charge is 0.455 e. The molecule has 9 aromatic carbocycles. The SMILES string of the molecule is c1ccc(-c2cc(-c3ccccc3)nc(-c3cccc4oc5c6ccccc6c6c(oc7cccc(-c8ccc(N(c9ccccc9)c9ccccc9)cc8)c76)c5c34)n2)cc1. The van der Waals surface area contributed by atoms with Gasteiger partial charge >= 0.3 is 0 Å². The average Bonchev–Trinajstić information content (AvgIpc) is 3.93. The van der Waals surface area contributed by atoms with Gasteiger partial charge < -0.3 is 13.7 Å². The van der Waals surface area contributed by atoms with E-state index in [9.17, 15) is 0 Å². The fourth-order valence-corrected chi connectivity index (χ4v) is 8.94. The standard InChI is InChI=1S/C56H35N3O2/c1-5-17-37(18-6-1)46-35-47(38-19-7-2-8-20-38)58-56(57-46)45-28-16-30-49-51(45)53-54(60-49)44-26-14-13-25-43(44)52-50-42(27-15-29-48(50)61-55(52)53)36-31-33-41(34-32-36)59(39-21-9-3-10-22-39)40-23-11-4-12-24-40/h1-35H. The third kappa shape index (κ3) is 5.78. The summed E-state index contributed by atoms with van der Waals surface area (Å²) >= 11 is 0. The maximum absolute atomic E-state index is 7.05. The second kappa shape index (κ2) is 14.2. The Morgan fingerprint density at radius 1 is 0.328 bits per heavy atom. The molecule has 0 radical (unpaired) electrons. The summed E-state index contributed by atoms with van der Waals surface area (Å²) in [6.07, 6.45) is 0. The van der Waals surface area contributed by atoms with Gasteiger partial charge in [0.15, 0.2) is 5.82 Å². The molecule has 0 aliphatic heterocycles. The molecule has 0 N–H and O–H groups in total. The number of anilines is 3. The van der Waals surface area contributed by atoms with Crippen LogP contribution in [0.5, 0.6) is 0 Å². The maximum atomic E-state index is 7.05. The molecule has 286 valence electrons. The first-order valence-corrected chi connectivity index (χ1v) is 20.5. The summed E-state index contributed by atoms with van der Waals surface area (Å²) in [7, 11) is 0. The van der Waals surface area contributed by atoms with Crippen LogP contribution in [0.2, 0.25) is 0 Å². The van der Waals surface area contributed by atoms with Crippen LogP contribution < -0.4 is 4.90 Å². The van der Waals surface area contributed by atoms with Crippen LogP contribution in [0.1, 0.15) is 0 Å². The van der Waals surface area contributed by atoms with E-state index in [0.717, 1.165) is 111 Å². The molecular formula is C56H35N3O2. The second-order valence-electron chi connectivity index (χ2n) is 15.3. The predicted octanol–water partition coefficient (Wildman–Crippen LogP) is 15.6. The smallest absolute Gasteiger partial charge is 0.161 e. The van der Waals surface area contributed by atoms with E-state index < -0.39 is 0 Å². The zero-order valence-corrected chi connectivity index (χ0v) is 32.9. The van der Waals surface area contributed by atoms with E-state index in [0.29, 0.717) is 5.82 Å². The molecule has 0 bridgehead atoms. The normalized spacial score (nSPS) is 11.6. The first-order valence-electron chi connectivity index (χ1n) is 20.5. The molecule has 0 saturated carbocycles. The molecule has 3 heterocycles. The van der Waals surface area contributed by atoms with Gasteiger partial charge in [0.25, 0.3) is 0 Å². The summed E-state index contributed by atoms with van der Waals surface area (Å²) in [5.41, 5.74) is 13.2. The van der Waals surface area contributed by atoms with Gasteiger partial charge in [0.05, 0.1) is 16.8 Å². The zero-order chi connectivity index (χ0) is 40.3. The molecule has 12 aromatic rings. The van der Waals surface area contributed by atoms with Gasteiger partial charge in [0, 0.05) is 55.3 Å². The molecule has 0 unspecified atom stereocenters. The molecule has 5 heteroatoms. The summed E-state index contributed by atoms with van der Waals surface area (Å²) in [6, 6.07) is 73.5. The number of fused-ring (bicyclic) bond motifs is 10. The molecule has 0 amide bonds. The Morgan fingerprint density at radius 2 is 0.803 bits per heavy atom. The van der Waals surface area contributed by atoms with Crippen molar-refractivity contribution < 1.29 is 8.83 Å². The molecule has 61 heavy (non-hydrogen) atoms. The third-order valence-corrected chi connectivity index (χ3v) is 11.7. The molecule has 0 saturated heterocycles. The van der Waals surface area contributed by atoms with E-state index in [2.05, 4.69) is 169 Å². The molecule has 3 aromatic heterocycles. The van der Waals surface area contributed by atoms with Gasteiger partial charge in [-0.15, -0.1) is 0 Å². The lowest BCUT2D eigenvalue weighted by Gasteiger charge is -2.25. The fourth-order valence-electron chi connectivity index (χ4n) is 8.94. The lowest BCUT2D eigenvalue weighted by Crippen LogP contribution is -2.09. The molecule has 0 aliphatic rings. The van der Waals surface area contributed by atoms with Crippen molar-refractivity contribution in [2.75, 3.05) is 4.90 Å². The van der Waals surface area contributed by atoms with Gasteiger partial charge in [0.2, 0.25) is 0 Å². The molecular weight excluding hydrogens is 747 g/mol. The van der Waals surface area contributed by atoms with Crippen molar-refractivity contribution in [2.24, 2.45) is 0 Å². The Labute approximate surface area is 351 Å². The van der Waals surface area contributed by atoms with Crippen molar-refractivity contribution in [3.05, 3.63) is 212 Å². The van der Waals surface area contributed by atoms with Crippen molar-refractivity contribution in [1.29, 1.82) is 0 Å². The highest BCUT2D eigenvalue weighted by atomic mass is 16.3. The van der Waals surface area contributed by atoms with Crippen LogP contribution in [-0.4, -0.2) is 9.97 Å². The summed E-state index contributed by atoms with van der Waals surface area (Å²) in [5, 5.41) is 6.03. The van der Waals surface area contributed by atoms with E-state index in [1.54, 1.807) is 0 Å². The number of rotatable bonds is 7. The van der Waals surface area contributed by atoms with E-state index in [1.165, 1.54) is 0 Å². The maximum Gasteiger partial charge on any atom is 0.161 e. The highest BCUT2D eigenvalue weighted by molar-refractivity contribution is 6.36. The Bertz CT molecular complexity index is 3470. The minimum absolute atomic E-state index is 0.617. The Kier molecular flexibility index (Phi) is 8.10. The quantitative estimate of drug-likeness (QED) is 0.161. The topological polar surface area (TPSA) is 55.3 Å². The van der Waals surface area contributed by atoms with Gasteiger partial charge in [-0.1, -0.05) is 158 Å². The lowest BCUT2D eigenvalue weighted by atomic mass is 9.94. The van der Waals surface area contributed by atoms with Crippen LogP contribution in [0.3, 0.4) is 0 Å². The number of aromatic nitrogens is 2. The Balaban J connectivity index is 1.09. The summed E-state index contributed by atoms with van der Waals surface area (Å²) < 4.78 is 13.9. The number of nitrogens with zero attached hydrogens (tertiary/aromatic N) is 3. The van der Waals surface area contributed by atoms with E-state index in [4.69, 9.17) is 18.8 Å². The second-order valence-corrected chi connectivity index (χ2v) is 15.3. The molecule has 0 fully saturated rings. The van der Waals surface area contributed by atoms with Gasteiger partial charge in [-0.3, -0.25) is 0 Å². The number of hydrogen-bond donors (Lipinski definition) is 0. The average molecular weight is 782 g/mol. The predicted molar refractivity (Wildman–Crippen MR) is 251 cm³/mol. The number of furan rings is 2. The Morgan fingerprint density at radius 3 is 1.39 bits per heavy atom. The Hall–Kier alpha value is -8.28. The zero-order valence-electron chi connectivity index (χ0n) is 32.9. The number of para-hydroxylation sites is 2. The van der Waals surface area contributed by atoms with E-state index >= 15 is 0 Å². The fraction of sp³-hybridized carbons (Fsp3) is 0. The van der Waals surface area contributed by atoms with Crippen molar-refractivity contribution in [3.8, 4) is 45.0 Å². The van der Waals surface area contributed by atoms with Crippen LogP contribution in [-0.2, 0) is 0 Å². The van der Waals surface area contributed by atoms with Gasteiger partial charge in [0.1, 0.15) is 22.3 Å². The molecule has 0 aliphatic carbocycles.